The van der Waals surface area contributed by atoms with Gasteiger partial charge in [-0.25, -0.2) is 4.68 Å². The summed E-state index contributed by atoms with van der Waals surface area (Å²) in [5, 5.41) is 14.6. The van der Waals surface area contributed by atoms with Crippen molar-refractivity contribution in [3.05, 3.63) is 83.4 Å². The molecule has 4 N–H and O–H groups in total. The lowest BCUT2D eigenvalue weighted by Gasteiger charge is -2.10. The number of nitrogens with one attached hydrogen (secondary N) is 2. The lowest BCUT2D eigenvalue weighted by atomic mass is 10.2. The molecule has 35 heavy (non-hydrogen) atoms. The molecule has 0 fully saturated rings. The van der Waals surface area contributed by atoms with Gasteiger partial charge in [-0.15, -0.1) is 10.2 Å². The molecule has 0 unspecified atom stereocenters. The van der Waals surface area contributed by atoms with E-state index in [1.807, 2.05) is 18.2 Å². The minimum absolute atomic E-state index is 0.0634. The quantitative estimate of drug-likeness (QED) is 0.239. The van der Waals surface area contributed by atoms with Crippen molar-refractivity contribution in [2.45, 2.75) is 5.16 Å². The van der Waals surface area contributed by atoms with Crippen LogP contribution in [0.4, 0.5) is 11.4 Å². The predicted molar refractivity (Wildman–Crippen MR) is 137 cm³/mol. The summed E-state index contributed by atoms with van der Waals surface area (Å²) in [5.74, 6) is 6.57. The van der Waals surface area contributed by atoms with Crippen LogP contribution in [0.1, 0.15) is 10.4 Å². The number of hydrogen-bond donors (Lipinski definition) is 3. The Morgan fingerprint density at radius 3 is 2.46 bits per heavy atom. The van der Waals surface area contributed by atoms with Gasteiger partial charge < -0.3 is 21.2 Å². The molecule has 11 heteroatoms. The van der Waals surface area contributed by atoms with Gasteiger partial charge in [0.15, 0.2) is 5.82 Å². The summed E-state index contributed by atoms with van der Waals surface area (Å²) in [7, 11) is 1.54. The third-order valence-electron chi connectivity index (χ3n) is 4.90. The van der Waals surface area contributed by atoms with E-state index in [1.165, 1.54) is 11.8 Å². The van der Waals surface area contributed by atoms with Crippen molar-refractivity contribution in [3.8, 4) is 17.1 Å². The molecule has 0 aliphatic heterocycles. The van der Waals surface area contributed by atoms with Crippen LogP contribution >= 0.6 is 23.4 Å². The molecular formula is C24H21ClN6O3S. The molecule has 178 valence electrons. The third-order valence-corrected chi connectivity index (χ3v) is 6.17. The number of nitrogens with zero attached hydrogens (tertiary/aromatic N) is 3. The Morgan fingerprint density at radius 1 is 1.00 bits per heavy atom. The van der Waals surface area contributed by atoms with E-state index < -0.39 is 0 Å². The van der Waals surface area contributed by atoms with Crippen molar-refractivity contribution in [2.24, 2.45) is 0 Å². The van der Waals surface area contributed by atoms with Crippen LogP contribution in [0, 0.1) is 0 Å². The minimum Gasteiger partial charge on any atom is -0.495 e. The summed E-state index contributed by atoms with van der Waals surface area (Å²) in [6.45, 7) is 0. The number of para-hydroxylation sites is 2. The Bertz CT molecular complexity index is 1360. The normalized spacial score (nSPS) is 10.6. The number of hydrogen-bond acceptors (Lipinski definition) is 7. The lowest BCUT2D eigenvalue weighted by Crippen LogP contribution is -2.17. The molecule has 4 rings (SSSR count). The number of ether oxygens (including phenoxy) is 1. The Hall–Kier alpha value is -4.02. The van der Waals surface area contributed by atoms with Crippen LogP contribution in [0.25, 0.3) is 11.4 Å². The topological polar surface area (TPSA) is 124 Å². The number of rotatable bonds is 8. The first-order valence-corrected chi connectivity index (χ1v) is 11.7. The molecule has 0 atom stereocenters. The first-order valence-electron chi connectivity index (χ1n) is 10.4. The fraction of sp³-hybridized carbons (Fsp3) is 0.0833. The number of benzene rings is 3. The minimum atomic E-state index is -0.292. The number of thioether (sulfide) groups is 1. The first-order chi connectivity index (χ1) is 17.0. The van der Waals surface area contributed by atoms with Crippen LogP contribution in [-0.2, 0) is 4.79 Å². The maximum Gasteiger partial charge on any atom is 0.255 e. The Labute approximate surface area is 210 Å². The van der Waals surface area contributed by atoms with Gasteiger partial charge in [-0.1, -0.05) is 47.6 Å². The molecule has 0 spiro atoms. The van der Waals surface area contributed by atoms with E-state index in [9.17, 15) is 9.59 Å². The molecule has 0 aliphatic carbocycles. The number of carbonyl (C=O) groups excluding carboxylic acids is 2. The maximum absolute atomic E-state index is 12.5. The van der Waals surface area contributed by atoms with Gasteiger partial charge in [0.25, 0.3) is 5.91 Å². The van der Waals surface area contributed by atoms with Crippen molar-refractivity contribution < 1.29 is 14.3 Å². The lowest BCUT2D eigenvalue weighted by molar-refractivity contribution is -0.113. The summed E-state index contributed by atoms with van der Waals surface area (Å²) < 4.78 is 6.55. The summed E-state index contributed by atoms with van der Waals surface area (Å²) in [5.41, 5.74) is 2.21. The van der Waals surface area contributed by atoms with Crippen molar-refractivity contribution in [1.82, 2.24) is 14.9 Å². The molecule has 0 radical (unpaired) electrons. The number of amides is 2. The molecule has 0 aliphatic rings. The van der Waals surface area contributed by atoms with Crippen LogP contribution in [0.5, 0.6) is 5.75 Å². The van der Waals surface area contributed by atoms with E-state index >= 15 is 0 Å². The summed E-state index contributed by atoms with van der Waals surface area (Å²) >= 11 is 7.35. The number of nitrogen functional groups attached to an aromatic ring is 1. The van der Waals surface area contributed by atoms with Crippen LogP contribution in [0.2, 0.25) is 5.02 Å². The smallest absolute Gasteiger partial charge is 0.255 e. The molecule has 2 amide bonds. The van der Waals surface area contributed by atoms with Gasteiger partial charge in [0.2, 0.25) is 11.1 Å². The van der Waals surface area contributed by atoms with Crippen molar-refractivity contribution in [3.63, 3.8) is 0 Å². The highest BCUT2D eigenvalue weighted by molar-refractivity contribution is 7.99. The molecular weight excluding hydrogens is 488 g/mol. The van der Waals surface area contributed by atoms with Crippen LogP contribution < -0.4 is 21.2 Å². The van der Waals surface area contributed by atoms with E-state index in [-0.39, 0.29) is 17.6 Å². The van der Waals surface area contributed by atoms with Gasteiger partial charge in [0.1, 0.15) is 5.75 Å². The molecule has 0 saturated carbocycles. The highest BCUT2D eigenvalue weighted by Crippen LogP contribution is 2.28. The maximum atomic E-state index is 12.5. The van der Waals surface area contributed by atoms with E-state index in [0.29, 0.717) is 44.3 Å². The molecule has 1 heterocycles. The fourth-order valence-corrected chi connectivity index (χ4v) is 4.05. The number of aromatic nitrogens is 3. The number of anilines is 2. The van der Waals surface area contributed by atoms with Gasteiger partial charge >= 0.3 is 0 Å². The van der Waals surface area contributed by atoms with Crippen molar-refractivity contribution in [2.75, 3.05) is 29.3 Å². The third kappa shape index (κ3) is 5.73. The molecule has 0 bridgehead atoms. The largest absolute Gasteiger partial charge is 0.495 e. The Balaban J connectivity index is 1.33. The van der Waals surface area contributed by atoms with E-state index in [4.69, 9.17) is 22.2 Å². The zero-order chi connectivity index (χ0) is 24.8. The van der Waals surface area contributed by atoms with Gasteiger partial charge in [-0.05, 0) is 48.5 Å². The zero-order valence-corrected chi connectivity index (χ0v) is 20.1. The summed E-state index contributed by atoms with van der Waals surface area (Å²) in [6, 6.07) is 20.8. The summed E-state index contributed by atoms with van der Waals surface area (Å²) in [6.07, 6.45) is 0. The van der Waals surface area contributed by atoms with E-state index in [1.54, 1.807) is 54.6 Å². The fourth-order valence-electron chi connectivity index (χ4n) is 3.18. The molecule has 0 saturated heterocycles. The van der Waals surface area contributed by atoms with Crippen LogP contribution in [-0.4, -0.2) is 39.6 Å². The Kier molecular flexibility index (Phi) is 7.54. The zero-order valence-electron chi connectivity index (χ0n) is 18.6. The van der Waals surface area contributed by atoms with Gasteiger partial charge in [0, 0.05) is 16.8 Å². The average molecular weight is 509 g/mol. The van der Waals surface area contributed by atoms with E-state index in [2.05, 4.69) is 20.8 Å². The number of halogens is 1. The molecule has 9 nitrogen and oxygen atoms in total. The second kappa shape index (κ2) is 10.9. The monoisotopic (exact) mass is 508 g/mol. The second-order valence-corrected chi connectivity index (χ2v) is 8.57. The van der Waals surface area contributed by atoms with Gasteiger partial charge in [-0.2, -0.15) is 0 Å². The molecule has 1 aromatic heterocycles. The van der Waals surface area contributed by atoms with Crippen LogP contribution in [0.3, 0.4) is 0 Å². The summed E-state index contributed by atoms with van der Waals surface area (Å²) in [4.78, 5) is 25.0. The van der Waals surface area contributed by atoms with Gasteiger partial charge in [0.05, 0.1) is 23.6 Å². The number of carbonyl (C=O) groups is 2. The first kappa shape index (κ1) is 24.1. The predicted octanol–water partition coefficient (Wildman–Crippen LogP) is 4.30. The highest BCUT2D eigenvalue weighted by atomic mass is 35.5. The van der Waals surface area contributed by atoms with Crippen molar-refractivity contribution in [1.29, 1.82) is 0 Å². The SMILES string of the molecule is COc1ccccc1NC(=O)c1ccc(NC(=O)CSc2nnc(-c3ccccc3Cl)n2N)cc1. The number of methoxy groups -OCH3 is 1. The van der Waals surface area contributed by atoms with Crippen LogP contribution in [0.15, 0.2) is 78.0 Å². The molecule has 3 aromatic carbocycles. The van der Waals surface area contributed by atoms with E-state index in [0.717, 1.165) is 11.8 Å². The number of nitrogens with two attached hydrogens (primary N) is 1. The average Bonchev–Trinajstić information content (AvgIpc) is 3.23. The molecule has 4 aromatic rings. The highest BCUT2D eigenvalue weighted by Gasteiger charge is 2.16. The Morgan fingerprint density at radius 2 is 1.71 bits per heavy atom. The second-order valence-electron chi connectivity index (χ2n) is 7.22. The van der Waals surface area contributed by atoms with Gasteiger partial charge in [-0.3, -0.25) is 9.59 Å². The van der Waals surface area contributed by atoms with Crippen molar-refractivity contribution >= 4 is 46.6 Å². The standard InChI is InChI=1S/C24H21ClN6O3S/c1-34-20-9-5-4-8-19(20)28-23(33)15-10-12-16(13-11-15)27-21(32)14-35-24-30-29-22(31(24)26)17-6-2-3-7-18(17)25/h2-13H,14,26H2,1H3,(H,27,32)(H,28,33).